The number of likely N-dealkylation sites (N-methyl/N-ethyl adjacent to an activating group) is 1. The third-order valence-electron chi connectivity index (χ3n) is 4.35. The van der Waals surface area contributed by atoms with E-state index in [1.165, 1.54) is 49.6 Å². The number of thiazole rings is 1. The van der Waals surface area contributed by atoms with E-state index in [2.05, 4.69) is 10.3 Å². The minimum Gasteiger partial charge on any atom is -0.452 e. The van der Waals surface area contributed by atoms with Crippen molar-refractivity contribution in [1.29, 1.82) is 0 Å². The lowest BCUT2D eigenvalue weighted by Crippen LogP contribution is -2.37. The van der Waals surface area contributed by atoms with Crippen LogP contribution >= 0.6 is 22.9 Å². The summed E-state index contributed by atoms with van der Waals surface area (Å²) in [4.78, 5) is 28.9. The summed E-state index contributed by atoms with van der Waals surface area (Å²) in [6.07, 6.45) is -1.14. The Balaban J connectivity index is 1.55. The van der Waals surface area contributed by atoms with Gasteiger partial charge in [0.15, 0.2) is 11.2 Å². The fourth-order valence-electron chi connectivity index (χ4n) is 2.62. The summed E-state index contributed by atoms with van der Waals surface area (Å²) in [7, 11) is -2.67. The van der Waals surface area contributed by atoms with Crippen molar-refractivity contribution in [3.8, 4) is 11.3 Å². The number of ether oxygens (including phenoxy) is 1. The van der Waals surface area contributed by atoms with Crippen molar-refractivity contribution >= 4 is 50.0 Å². The standard InChI is InChI=1S/C21H20ClN3O5S2/c1-14(20(27)24-21-23-18(13-31-21)15-6-4-3-5-7-15)30-19(26)12-25(2)32(28,29)17-10-8-16(22)9-11-17/h3-11,13-14H,12H2,1-2H3,(H,23,24,27). The molecule has 0 spiro atoms. The number of sulfonamides is 1. The monoisotopic (exact) mass is 493 g/mol. The van der Waals surface area contributed by atoms with E-state index in [0.717, 1.165) is 9.87 Å². The first-order valence-corrected chi connectivity index (χ1v) is 12.1. The molecule has 168 valence electrons. The third kappa shape index (κ3) is 5.92. The van der Waals surface area contributed by atoms with Crippen molar-refractivity contribution in [3.63, 3.8) is 0 Å². The van der Waals surface area contributed by atoms with Gasteiger partial charge < -0.3 is 4.74 Å². The predicted molar refractivity (Wildman–Crippen MR) is 123 cm³/mol. The highest BCUT2D eigenvalue weighted by Crippen LogP contribution is 2.24. The van der Waals surface area contributed by atoms with Gasteiger partial charge in [0.1, 0.15) is 6.54 Å². The molecule has 1 unspecified atom stereocenters. The summed E-state index contributed by atoms with van der Waals surface area (Å²) in [6.45, 7) is 0.838. The van der Waals surface area contributed by atoms with Crippen molar-refractivity contribution in [2.24, 2.45) is 0 Å². The number of carbonyl (C=O) groups excluding carboxylic acids is 2. The van der Waals surface area contributed by atoms with Crippen molar-refractivity contribution in [1.82, 2.24) is 9.29 Å². The molecule has 1 N–H and O–H groups in total. The summed E-state index contributed by atoms with van der Waals surface area (Å²) in [5, 5.41) is 5.15. The number of rotatable bonds is 8. The van der Waals surface area contributed by atoms with Gasteiger partial charge in [0, 0.05) is 23.0 Å². The molecule has 1 heterocycles. The number of halogens is 1. The first-order chi connectivity index (χ1) is 15.2. The summed E-state index contributed by atoms with van der Waals surface area (Å²) in [5.41, 5.74) is 1.62. The van der Waals surface area contributed by atoms with Gasteiger partial charge >= 0.3 is 5.97 Å². The molecule has 0 saturated heterocycles. The van der Waals surface area contributed by atoms with E-state index >= 15 is 0 Å². The Morgan fingerprint density at radius 1 is 1.16 bits per heavy atom. The van der Waals surface area contributed by atoms with Crippen LogP contribution in [0.1, 0.15) is 6.92 Å². The maximum absolute atomic E-state index is 12.5. The molecular weight excluding hydrogens is 474 g/mol. The quantitative estimate of drug-likeness (QED) is 0.480. The number of aromatic nitrogens is 1. The molecule has 0 aliphatic heterocycles. The van der Waals surface area contributed by atoms with Gasteiger partial charge in [0.2, 0.25) is 10.0 Å². The lowest BCUT2D eigenvalue weighted by molar-refractivity contribution is -0.153. The van der Waals surface area contributed by atoms with Gasteiger partial charge in [-0.1, -0.05) is 41.9 Å². The van der Waals surface area contributed by atoms with Gasteiger partial charge in [-0.25, -0.2) is 13.4 Å². The van der Waals surface area contributed by atoms with Crippen LogP contribution < -0.4 is 5.32 Å². The van der Waals surface area contributed by atoms with Crippen molar-refractivity contribution in [2.75, 3.05) is 18.9 Å². The molecule has 3 aromatic rings. The van der Waals surface area contributed by atoms with E-state index in [1.54, 1.807) is 5.38 Å². The molecule has 3 rings (SSSR count). The van der Waals surface area contributed by atoms with Crippen LogP contribution in [0.2, 0.25) is 5.02 Å². The molecule has 0 fully saturated rings. The van der Waals surface area contributed by atoms with Crippen LogP contribution in [-0.2, 0) is 24.3 Å². The molecule has 11 heteroatoms. The van der Waals surface area contributed by atoms with Gasteiger partial charge in [-0.05, 0) is 31.2 Å². The van der Waals surface area contributed by atoms with Crippen LogP contribution in [0.3, 0.4) is 0 Å². The van der Waals surface area contributed by atoms with Crippen LogP contribution in [0.5, 0.6) is 0 Å². The first kappa shape index (κ1) is 23.9. The molecule has 0 saturated carbocycles. The molecule has 8 nitrogen and oxygen atoms in total. The molecule has 0 radical (unpaired) electrons. The second-order valence-corrected chi connectivity index (χ2v) is 10.1. The average Bonchev–Trinajstić information content (AvgIpc) is 3.23. The van der Waals surface area contributed by atoms with E-state index in [-0.39, 0.29) is 4.90 Å². The number of amides is 1. The normalized spacial score (nSPS) is 12.4. The number of hydrogen-bond donors (Lipinski definition) is 1. The Labute approximate surface area is 194 Å². The van der Waals surface area contributed by atoms with Crippen LogP contribution in [0.4, 0.5) is 5.13 Å². The summed E-state index contributed by atoms with van der Waals surface area (Å²) in [5.74, 6) is -1.44. The number of hydrogen-bond acceptors (Lipinski definition) is 7. The highest BCUT2D eigenvalue weighted by molar-refractivity contribution is 7.89. The maximum atomic E-state index is 12.5. The zero-order chi connectivity index (χ0) is 23.3. The highest BCUT2D eigenvalue weighted by atomic mass is 35.5. The van der Waals surface area contributed by atoms with Crippen molar-refractivity contribution in [3.05, 3.63) is 65.0 Å². The molecule has 0 aliphatic rings. The fraction of sp³-hybridized carbons (Fsp3) is 0.190. The Kier molecular flexibility index (Phi) is 7.62. The SMILES string of the molecule is CC(OC(=O)CN(C)S(=O)(=O)c1ccc(Cl)cc1)C(=O)Nc1nc(-c2ccccc2)cs1. The van der Waals surface area contributed by atoms with E-state index in [9.17, 15) is 18.0 Å². The summed E-state index contributed by atoms with van der Waals surface area (Å²) in [6, 6.07) is 15.0. The Hall–Kier alpha value is -2.79. The lowest BCUT2D eigenvalue weighted by atomic mass is 10.2. The molecule has 0 aliphatic carbocycles. The molecule has 1 aromatic heterocycles. The number of benzene rings is 2. The van der Waals surface area contributed by atoms with Crippen molar-refractivity contribution in [2.45, 2.75) is 17.9 Å². The van der Waals surface area contributed by atoms with Crippen LogP contribution in [0.15, 0.2) is 64.9 Å². The Morgan fingerprint density at radius 3 is 2.47 bits per heavy atom. The Bertz CT molecular complexity index is 1200. The number of esters is 1. The predicted octanol–water partition coefficient (Wildman–Crippen LogP) is 3.65. The topological polar surface area (TPSA) is 106 Å². The van der Waals surface area contributed by atoms with E-state index in [4.69, 9.17) is 16.3 Å². The van der Waals surface area contributed by atoms with Crippen LogP contribution in [0.25, 0.3) is 11.3 Å². The van der Waals surface area contributed by atoms with Gasteiger partial charge in [0.05, 0.1) is 10.6 Å². The maximum Gasteiger partial charge on any atom is 0.322 e. The molecule has 1 atom stereocenters. The first-order valence-electron chi connectivity index (χ1n) is 9.40. The number of nitrogens with one attached hydrogen (secondary N) is 1. The smallest absolute Gasteiger partial charge is 0.322 e. The number of anilines is 1. The highest BCUT2D eigenvalue weighted by Gasteiger charge is 2.26. The number of carbonyl (C=O) groups is 2. The average molecular weight is 494 g/mol. The summed E-state index contributed by atoms with van der Waals surface area (Å²) < 4.78 is 31.0. The molecule has 0 bridgehead atoms. The number of nitrogens with zero attached hydrogens (tertiary/aromatic N) is 2. The van der Waals surface area contributed by atoms with Gasteiger partial charge in [0.25, 0.3) is 5.91 Å². The molecular formula is C21H20ClN3O5S2. The van der Waals surface area contributed by atoms with Gasteiger partial charge in [-0.2, -0.15) is 4.31 Å². The van der Waals surface area contributed by atoms with Crippen LogP contribution in [-0.4, -0.2) is 49.3 Å². The zero-order valence-corrected chi connectivity index (χ0v) is 19.6. The summed E-state index contributed by atoms with van der Waals surface area (Å²) >= 11 is 7.02. The second kappa shape index (κ2) is 10.2. The van der Waals surface area contributed by atoms with Crippen molar-refractivity contribution < 1.29 is 22.7 Å². The fourth-order valence-corrected chi connectivity index (χ4v) is 4.58. The molecule has 1 amide bonds. The molecule has 32 heavy (non-hydrogen) atoms. The zero-order valence-electron chi connectivity index (χ0n) is 17.2. The van der Waals surface area contributed by atoms with Crippen LogP contribution in [0, 0.1) is 0 Å². The molecule has 2 aromatic carbocycles. The van der Waals surface area contributed by atoms with E-state index in [0.29, 0.717) is 15.8 Å². The second-order valence-electron chi connectivity index (χ2n) is 6.74. The third-order valence-corrected chi connectivity index (χ3v) is 7.18. The largest absolute Gasteiger partial charge is 0.452 e. The minimum atomic E-state index is -3.91. The lowest BCUT2D eigenvalue weighted by Gasteiger charge is -2.18. The van der Waals surface area contributed by atoms with E-state index in [1.807, 2.05) is 30.3 Å². The Morgan fingerprint density at radius 2 is 1.81 bits per heavy atom. The van der Waals surface area contributed by atoms with Gasteiger partial charge in [-0.3, -0.25) is 14.9 Å². The van der Waals surface area contributed by atoms with Gasteiger partial charge in [-0.15, -0.1) is 11.3 Å². The van der Waals surface area contributed by atoms with E-state index < -0.39 is 34.5 Å². The minimum absolute atomic E-state index is 0.0130.